The van der Waals surface area contributed by atoms with Crippen LogP contribution in [-0.4, -0.2) is 28.3 Å². The van der Waals surface area contributed by atoms with Gasteiger partial charge in [0, 0.05) is 24.0 Å². The lowest BCUT2D eigenvalue weighted by atomic mass is 10.3. The smallest absolute Gasteiger partial charge is 0.332 e. The first-order chi connectivity index (χ1) is 12.4. The lowest BCUT2D eigenvalue weighted by molar-refractivity contribution is -0.137. The Kier molecular flexibility index (Phi) is 6.74. The fraction of sp³-hybridized carbons (Fsp3) is 0.235. The maximum Gasteiger partial charge on any atom is 0.332 e. The number of carbonyl (C=O) groups is 2. The summed E-state index contributed by atoms with van der Waals surface area (Å²) in [7, 11) is 0. The van der Waals surface area contributed by atoms with Gasteiger partial charge in [-0.15, -0.1) is 0 Å². The van der Waals surface area contributed by atoms with Crippen molar-refractivity contribution in [1.29, 1.82) is 0 Å². The summed E-state index contributed by atoms with van der Waals surface area (Å²) in [5.74, 6) is -1.19. The van der Waals surface area contributed by atoms with Crippen molar-refractivity contribution in [2.24, 2.45) is 0 Å². The molecular weight excluding hydrogens is 365 g/mol. The van der Waals surface area contributed by atoms with E-state index in [2.05, 4.69) is 10.4 Å². The summed E-state index contributed by atoms with van der Waals surface area (Å²) in [5.41, 5.74) is 0.475. The Hall–Kier alpha value is -2.87. The molecule has 1 amide bonds. The van der Waals surface area contributed by atoms with Gasteiger partial charge in [0.15, 0.2) is 12.4 Å². The SMILES string of the molecule is CCOC(=O)/C=C(\C)NC(=O)c1ccn(COc2ccc(F)c(Cl)c2)n1. The number of halogens is 2. The van der Waals surface area contributed by atoms with Crippen molar-refractivity contribution in [1.82, 2.24) is 15.1 Å². The molecule has 1 aromatic heterocycles. The van der Waals surface area contributed by atoms with Crippen LogP contribution in [0.25, 0.3) is 0 Å². The number of rotatable bonds is 7. The van der Waals surface area contributed by atoms with Crippen LogP contribution >= 0.6 is 11.6 Å². The van der Waals surface area contributed by atoms with Crippen LogP contribution in [0.1, 0.15) is 24.3 Å². The fourth-order valence-electron chi connectivity index (χ4n) is 1.90. The third-order valence-electron chi connectivity index (χ3n) is 3.06. The maximum absolute atomic E-state index is 13.1. The lowest BCUT2D eigenvalue weighted by Gasteiger charge is -2.07. The molecule has 26 heavy (non-hydrogen) atoms. The van der Waals surface area contributed by atoms with Gasteiger partial charge in [-0.1, -0.05) is 11.6 Å². The first-order valence-corrected chi connectivity index (χ1v) is 8.04. The zero-order chi connectivity index (χ0) is 19.1. The molecule has 0 aliphatic carbocycles. The van der Waals surface area contributed by atoms with Crippen molar-refractivity contribution in [3.8, 4) is 5.75 Å². The summed E-state index contributed by atoms with van der Waals surface area (Å²) >= 11 is 5.68. The van der Waals surface area contributed by atoms with Gasteiger partial charge in [0.05, 0.1) is 11.6 Å². The standard InChI is InChI=1S/C17H17ClFN3O4/c1-3-25-16(23)8-11(2)20-17(24)15-6-7-22(21-15)10-26-12-4-5-14(19)13(18)9-12/h4-9H,3,10H2,1-2H3,(H,20,24)/b11-8+. The molecule has 0 atom stereocenters. The van der Waals surface area contributed by atoms with Crippen LogP contribution in [0.5, 0.6) is 5.75 Å². The molecule has 0 saturated heterocycles. The quantitative estimate of drug-likeness (QED) is 0.589. The lowest BCUT2D eigenvalue weighted by Crippen LogP contribution is -2.23. The Balaban J connectivity index is 1.92. The molecule has 0 bridgehead atoms. The summed E-state index contributed by atoms with van der Waals surface area (Å²) in [5, 5.41) is 6.55. The average Bonchev–Trinajstić information content (AvgIpc) is 3.05. The molecule has 1 aromatic carbocycles. The van der Waals surface area contributed by atoms with Crippen molar-refractivity contribution < 1.29 is 23.5 Å². The molecule has 0 unspecified atom stereocenters. The summed E-state index contributed by atoms with van der Waals surface area (Å²) in [6.07, 6.45) is 2.73. The maximum atomic E-state index is 13.1. The number of aromatic nitrogens is 2. The van der Waals surface area contributed by atoms with E-state index in [4.69, 9.17) is 21.1 Å². The molecule has 2 rings (SSSR count). The third kappa shape index (κ3) is 5.59. The molecule has 7 nitrogen and oxygen atoms in total. The summed E-state index contributed by atoms with van der Waals surface area (Å²) in [6, 6.07) is 5.46. The second-order valence-electron chi connectivity index (χ2n) is 5.12. The molecule has 9 heteroatoms. The molecule has 0 fully saturated rings. The number of nitrogens with zero attached hydrogens (tertiary/aromatic N) is 2. The van der Waals surface area contributed by atoms with Gasteiger partial charge in [-0.25, -0.2) is 13.9 Å². The Labute approximate surface area is 154 Å². The van der Waals surface area contributed by atoms with Crippen molar-refractivity contribution in [3.63, 3.8) is 0 Å². The second-order valence-corrected chi connectivity index (χ2v) is 5.53. The van der Waals surface area contributed by atoms with Gasteiger partial charge < -0.3 is 14.8 Å². The van der Waals surface area contributed by atoms with Gasteiger partial charge in [-0.05, 0) is 32.0 Å². The first kappa shape index (κ1) is 19.5. The number of benzene rings is 1. The molecule has 0 saturated carbocycles. The van der Waals surface area contributed by atoms with E-state index in [0.717, 1.165) is 0 Å². The molecule has 2 aromatic rings. The van der Waals surface area contributed by atoms with E-state index in [9.17, 15) is 14.0 Å². The number of hydrogen-bond acceptors (Lipinski definition) is 5. The van der Waals surface area contributed by atoms with Crippen LogP contribution in [0, 0.1) is 5.82 Å². The minimum atomic E-state index is -0.540. The third-order valence-corrected chi connectivity index (χ3v) is 3.35. The molecule has 138 valence electrons. The normalized spacial score (nSPS) is 11.2. The van der Waals surface area contributed by atoms with E-state index in [-0.39, 0.29) is 24.1 Å². The number of allylic oxidation sites excluding steroid dienone is 1. The van der Waals surface area contributed by atoms with Crippen LogP contribution in [0.3, 0.4) is 0 Å². The van der Waals surface area contributed by atoms with E-state index in [1.807, 2.05) is 0 Å². The van der Waals surface area contributed by atoms with Crippen molar-refractivity contribution in [3.05, 3.63) is 58.8 Å². The topological polar surface area (TPSA) is 82.5 Å². The molecule has 0 aliphatic rings. The Bertz CT molecular complexity index is 835. The monoisotopic (exact) mass is 381 g/mol. The number of ether oxygens (including phenoxy) is 2. The van der Waals surface area contributed by atoms with E-state index < -0.39 is 17.7 Å². The predicted octanol–water partition coefficient (Wildman–Crippen LogP) is 2.91. The molecular formula is C17H17ClFN3O4. The van der Waals surface area contributed by atoms with Gasteiger partial charge >= 0.3 is 5.97 Å². The molecule has 1 N–H and O–H groups in total. The zero-order valence-electron chi connectivity index (χ0n) is 14.2. The Morgan fingerprint density at radius 2 is 2.15 bits per heavy atom. The van der Waals surface area contributed by atoms with Crippen LogP contribution in [-0.2, 0) is 16.3 Å². The number of nitrogens with one attached hydrogen (secondary N) is 1. The van der Waals surface area contributed by atoms with Crippen molar-refractivity contribution >= 4 is 23.5 Å². The number of esters is 1. The highest BCUT2D eigenvalue weighted by Crippen LogP contribution is 2.21. The summed E-state index contributed by atoms with van der Waals surface area (Å²) in [4.78, 5) is 23.4. The fourth-order valence-corrected chi connectivity index (χ4v) is 2.07. The van der Waals surface area contributed by atoms with Gasteiger partial charge in [-0.2, -0.15) is 5.10 Å². The predicted molar refractivity (Wildman–Crippen MR) is 92.1 cm³/mol. The highest BCUT2D eigenvalue weighted by atomic mass is 35.5. The highest BCUT2D eigenvalue weighted by molar-refractivity contribution is 6.30. The van der Waals surface area contributed by atoms with Crippen LogP contribution in [0.2, 0.25) is 5.02 Å². The van der Waals surface area contributed by atoms with Gasteiger partial charge in [-0.3, -0.25) is 4.79 Å². The van der Waals surface area contributed by atoms with Crippen LogP contribution in [0.15, 0.2) is 42.2 Å². The van der Waals surface area contributed by atoms with E-state index >= 15 is 0 Å². The second kappa shape index (κ2) is 9.00. The van der Waals surface area contributed by atoms with Crippen molar-refractivity contribution in [2.75, 3.05) is 6.61 Å². The molecule has 0 aliphatic heterocycles. The average molecular weight is 382 g/mol. The Morgan fingerprint density at radius 1 is 1.38 bits per heavy atom. The van der Waals surface area contributed by atoms with Gasteiger partial charge in [0.25, 0.3) is 5.91 Å². The van der Waals surface area contributed by atoms with Gasteiger partial charge in [0.1, 0.15) is 11.6 Å². The minimum absolute atomic E-state index is 0.00683. The van der Waals surface area contributed by atoms with E-state index in [1.54, 1.807) is 20.0 Å². The summed E-state index contributed by atoms with van der Waals surface area (Å²) < 4.78 is 24.7. The molecule has 1 heterocycles. The van der Waals surface area contributed by atoms with Crippen LogP contribution in [0.4, 0.5) is 4.39 Å². The number of hydrogen-bond donors (Lipinski definition) is 1. The molecule has 0 spiro atoms. The Morgan fingerprint density at radius 3 is 2.85 bits per heavy atom. The highest BCUT2D eigenvalue weighted by Gasteiger charge is 2.11. The molecule has 0 radical (unpaired) electrons. The van der Waals surface area contributed by atoms with Crippen molar-refractivity contribution in [2.45, 2.75) is 20.6 Å². The van der Waals surface area contributed by atoms with Gasteiger partial charge in [0.2, 0.25) is 0 Å². The largest absolute Gasteiger partial charge is 0.471 e. The summed E-state index contributed by atoms with van der Waals surface area (Å²) in [6.45, 7) is 3.51. The minimum Gasteiger partial charge on any atom is -0.471 e. The number of carbonyl (C=O) groups excluding carboxylic acids is 2. The first-order valence-electron chi connectivity index (χ1n) is 7.66. The number of amides is 1. The zero-order valence-corrected chi connectivity index (χ0v) is 14.9. The van der Waals surface area contributed by atoms with Crippen LogP contribution < -0.4 is 10.1 Å². The van der Waals surface area contributed by atoms with E-state index in [1.165, 1.54) is 35.0 Å². The van der Waals surface area contributed by atoms with E-state index in [0.29, 0.717) is 11.4 Å².